The summed E-state index contributed by atoms with van der Waals surface area (Å²) in [6, 6.07) is 12.9. The molecular weight excluding hydrogens is 433 g/mol. The highest BCUT2D eigenvalue weighted by atomic mass is 32.1. The molecule has 1 saturated heterocycles. The van der Waals surface area contributed by atoms with Crippen molar-refractivity contribution in [1.82, 2.24) is 9.88 Å². The Morgan fingerprint density at radius 2 is 1.88 bits per heavy atom. The minimum Gasteiger partial charge on any atom is -0.465 e. The van der Waals surface area contributed by atoms with Gasteiger partial charge in [-0.1, -0.05) is 30.3 Å². The minimum absolute atomic E-state index is 0.0247. The van der Waals surface area contributed by atoms with Gasteiger partial charge in [0.1, 0.15) is 17.9 Å². The Balaban J connectivity index is 1.78. The average Bonchev–Trinajstić information content (AvgIpc) is 3.10. The van der Waals surface area contributed by atoms with Gasteiger partial charge >= 0.3 is 5.97 Å². The first-order chi connectivity index (χ1) is 15.4. The summed E-state index contributed by atoms with van der Waals surface area (Å²) in [6.45, 7) is 1.96. The molecule has 0 bridgehead atoms. The van der Waals surface area contributed by atoms with Crippen molar-refractivity contribution < 1.29 is 23.5 Å². The SMILES string of the molecule is CCOC(=O)Cn1cc(C=C2C(=O)NC(=S)N(c3ccccc3F)C2=O)c2ccccc21. The van der Waals surface area contributed by atoms with Crippen molar-refractivity contribution >= 4 is 57.8 Å². The van der Waals surface area contributed by atoms with Crippen molar-refractivity contribution in [1.29, 1.82) is 0 Å². The number of nitrogens with zero attached hydrogens (tertiary/aromatic N) is 2. The van der Waals surface area contributed by atoms with E-state index in [1.165, 1.54) is 24.3 Å². The van der Waals surface area contributed by atoms with E-state index in [2.05, 4.69) is 5.32 Å². The van der Waals surface area contributed by atoms with E-state index in [9.17, 15) is 18.8 Å². The fourth-order valence-electron chi connectivity index (χ4n) is 3.53. The van der Waals surface area contributed by atoms with Crippen LogP contribution in [0.4, 0.5) is 10.1 Å². The maximum atomic E-state index is 14.3. The van der Waals surface area contributed by atoms with Crippen LogP contribution < -0.4 is 10.2 Å². The van der Waals surface area contributed by atoms with Crippen LogP contribution >= 0.6 is 12.2 Å². The van der Waals surface area contributed by atoms with E-state index < -0.39 is 23.6 Å². The van der Waals surface area contributed by atoms with Gasteiger partial charge in [-0.25, -0.2) is 9.29 Å². The number of thiocarbonyl (C=S) groups is 1. The Morgan fingerprint density at radius 1 is 1.16 bits per heavy atom. The monoisotopic (exact) mass is 451 g/mol. The second-order valence-corrected chi connectivity index (χ2v) is 7.33. The molecule has 1 aromatic heterocycles. The predicted octanol–water partition coefficient (Wildman–Crippen LogP) is 3.17. The van der Waals surface area contributed by atoms with Gasteiger partial charge in [-0.3, -0.25) is 19.7 Å². The maximum Gasteiger partial charge on any atom is 0.325 e. The first-order valence-electron chi connectivity index (χ1n) is 9.80. The molecule has 1 aliphatic heterocycles. The number of para-hydroxylation sites is 2. The number of nitrogens with one attached hydrogen (secondary N) is 1. The summed E-state index contributed by atoms with van der Waals surface area (Å²) >= 11 is 5.12. The Morgan fingerprint density at radius 3 is 2.62 bits per heavy atom. The molecule has 32 heavy (non-hydrogen) atoms. The van der Waals surface area contributed by atoms with Crippen molar-refractivity contribution in [2.75, 3.05) is 11.5 Å². The van der Waals surface area contributed by atoms with Gasteiger partial charge in [-0.05, 0) is 43.4 Å². The number of carbonyl (C=O) groups excluding carboxylic acids is 3. The lowest BCUT2D eigenvalue weighted by atomic mass is 10.1. The van der Waals surface area contributed by atoms with Crippen molar-refractivity contribution in [2.24, 2.45) is 0 Å². The van der Waals surface area contributed by atoms with Crippen molar-refractivity contribution in [3.8, 4) is 0 Å². The molecule has 2 aromatic carbocycles. The van der Waals surface area contributed by atoms with Crippen LogP contribution in [-0.2, 0) is 25.7 Å². The smallest absolute Gasteiger partial charge is 0.325 e. The molecule has 0 unspecified atom stereocenters. The van der Waals surface area contributed by atoms with E-state index in [1.807, 2.05) is 24.3 Å². The zero-order valence-electron chi connectivity index (χ0n) is 17.0. The molecule has 4 rings (SSSR count). The van der Waals surface area contributed by atoms with Gasteiger partial charge in [0.2, 0.25) is 0 Å². The first-order valence-corrected chi connectivity index (χ1v) is 10.2. The van der Waals surface area contributed by atoms with Crippen LogP contribution in [0.15, 0.2) is 60.3 Å². The normalized spacial score (nSPS) is 15.4. The molecule has 7 nitrogen and oxygen atoms in total. The van der Waals surface area contributed by atoms with Crippen molar-refractivity contribution in [3.63, 3.8) is 0 Å². The number of halogens is 1. The number of amides is 2. The molecule has 2 heterocycles. The third-order valence-corrected chi connectivity index (χ3v) is 5.20. The number of hydrogen-bond acceptors (Lipinski definition) is 5. The molecule has 1 fully saturated rings. The lowest BCUT2D eigenvalue weighted by molar-refractivity contribution is -0.143. The molecule has 0 saturated carbocycles. The summed E-state index contributed by atoms with van der Waals surface area (Å²) in [5, 5.41) is 2.97. The Labute approximate surface area is 188 Å². The molecule has 0 aliphatic carbocycles. The quantitative estimate of drug-likeness (QED) is 0.279. The third-order valence-electron chi connectivity index (χ3n) is 4.92. The van der Waals surface area contributed by atoms with Crippen LogP contribution in [0.3, 0.4) is 0 Å². The van der Waals surface area contributed by atoms with Gasteiger partial charge < -0.3 is 9.30 Å². The second kappa shape index (κ2) is 8.72. The summed E-state index contributed by atoms with van der Waals surface area (Å²) in [5.74, 6) is -2.49. The summed E-state index contributed by atoms with van der Waals surface area (Å²) in [5.41, 5.74) is 1.02. The first kappa shape index (κ1) is 21.4. The maximum absolute atomic E-state index is 14.3. The van der Waals surface area contributed by atoms with E-state index in [1.54, 1.807) is 23.8 Å². The minimum atomic E-state index is -0.744. The van der Waals surface area contributed by atoms with Gasteiger partial charge in [0.25, 0.3) is 11.8 Å². The molecule has 2 amide bonds. The highest BCUT2D eigenvalue weighted by Gasteiger charge is 2.35. The number of anilines is 1. The van der Waals surface area contributed by atoms with Gasteiger partial charge in [0.05, 0.1) is 12.3 Å². The summed E-state index contributed by atoms with van der Waals surface area (Å²) in [6.07, 6.45) is 3.08. The lowest BCUT2D eigenvalue weighted by Crippen LogP contribution is -2.54. The van der Waals surface area contributed by atoms with Crippen LogP contribution in [-0.4, -0.2) is 34.1 Å². The van der Waals surface area contributed by atoms with E-state index in [0.29, 0.717) is 5.56 Å². The second-order valence-electron chi connectivity index (χ2n) is 6.94. The number of ether oxygens (including phenoxy) is 1. The zero-order chi connectivity index (χ0) is 22.8. The number of aromatic nitrogens is 1. The molecule has 3 aromatic rings. The fraction of sp³-hybridized carbons (Fsp3) is 0.130. The summed E-state index contributed by atoms with van der Waals surface area (Å²) in [4.78, 5) is 38.7. The van der Waals surface area contributed by atoms with Gasteiger partial charge in [-0.2, -0.15) is 0 Å². The molecule has 1 aliphatic rings. The molecule has 162 valence electrons. The lowest BCUT2D eigenvalue weighted by Gasteiger charge is -2.29. The van der Waals surface area contributed by atoms with Crippen LogP contribution in [0, 0.1) is 5.82 Å². The Hall–Kier alpha value is -3.85. The molecule has 0 atom stereocenters. The van der Waals surface area contributed by atoms with Crippen molar-refractivity contribution in [2.45, 2.75) is 13.5 Å². The molecular formula is C23H18FN3O4S. The van der Waals surface area contributed by atoms with Gasteiger partial charge in [0, 0.05) is 22.7 Å². The number of esters is 1. The number of rotatable bonds is 5. The van der Waals surface area contributed by atoms with Crippen LogP contribution in [0.1, 0.15) is 12.5 Å². The summed E-state index contributed by atoms with van der Waals surface area (Å²) in [7, 11) is 0. The Kier molecular flexibility index (Phi) is 5.83. The van der Waals surface area contributed by atoms with Gasteiger partial charge in [0.15, 0.2) is 5.11 Å². The van der Waals surface area contributed by atoms with E-state index in [4.69, 9.17) is 17.0 Å². The highest BCUT2D eigenvalue weighted by Crippen LogP contribution is 2.27. The van der Waals surface area contributed by atoms with Crippen LogP contribution in [0.5, 0.6) is 0 Å². The number of benzene rings is 2. The van der Waals surface area contributed by atoms with E-state index in [-0.39, 0.29) is 29.5 Å². The topological polar surface area (TPSA) is 80.6 Å². The predicted molar refractivity (Wildman–Crippen MR) is 121 cm³/mol. The van der Waals surface area contributed by atoms with Crippen LogP contribution in [0.2, 0.25) is 0 Å². The number of carbonyl (C=O) groups is 3. The third kappa shape index (κ3) is 3.90. The Bertz CT molecular complexity index is 1300. The highest BCUT2D eigenvalue weighted by molar-refractivity contribution is 7.80. The summed E-state index contributed by atoms with van der Waals surface area (Å²) < 4.78 is 21.0. The number of fused-ring (bicyclic) bond motifs is 1. The largest absolute Gasteiger partial charge is 0.465 e. The standard InChI is InChI=1S/C23H18FN3O4S/c1-2-31-20(28)13-26-12-14(15-7-3-5-9-18(15)26)11-16-21(29)25-23(32)27(22(16)30)19-10-6-4-8-17(19)24/h3-12H,2,13H2,1H3,(H,25,29,32). The van der Waals surface area contributed by atoms with E-state index in [0.717, 1.165) is 15.8 Å². The average molecular weight is 451 g/mol. The zero-order valence-corrected chi connectivity index (χ0v) is 17.8. The molecule has 9 heteroatoms. The molecule has 0 radical (unpaired) electrons. The van der Waals surface area contributed by atoms with Crippen molar-refractivity contribution in [3.05, 3.63) is 71.7 Å². The molecule has 0 spiro atoms. The van der Waals surface area contributed by atoms with E-state index >= 15 is 0 Å². The van der Waals surface area contributed by atoms with Gasteiger partial charge in [-0.15, -0.1) is 0 Å². The van der Waals surface area contributed by atoms with Crippen LogP contribution in [0.25, 0.3) is 17.0 Å². The molecule has 1 N–H and O–H groups in total. The number of hydrogen-bond donors (Lipinski definition) is 1. The fourth-order valence-corrected chi connectivity index (χ4v) is 3.81.